The molecule has 1 aromatic rings. The van der Waals surface area contributed by atoms with Gasteiger partial charge in [0.25, 0.3) is 0 Å². The number of amides is 2. The molecule has 0 aromatic heterocycles. The Balaban J connectivity index is 2.37. The summed E-state index contributed by atoms with van der Waals surface area (Å²) >= 11 is 0. The highest BCUT2D eigenvalue weighted by Gasteiger charge is 2.33. The topological polar surface area (TPSA) is 58.2 Å². The van der Waals surface area contributed by atoms with E-state index in [-0.39, 0.29) is 18.2 Å². The van der Waals surface area contributed by atoms with Gasteiger partial charge in [-0.1, -0.05) is 6.58 Å². The first-order chi connectivity index (χ1) is 8.52. The van der Waals surface area contributed by atoms with Gasteiger partial charge in [-0.05, 0) is 23.8 Å². The van der Waals surface area contributed by atoms with Crippen LogP contribution in [0.2, 0.25) is 0 Å². The fourth-order valence-corrected chi connectivity index (χ4v) is 2.02. The highest BCUT2D eigenvalue weighted by atomic mass is 19.1. The molecule has 1 saturated heterocycles. The lowest BCUT2D eigenvalue weighted by atomic mass is 9.91. The molecule has 0 saturated carbocycles. The molecular formula is C13H13FN2O2. The van der Waals surface area contributed by atoms with E-state index in [2.05, 4.69) is 17.2 Å². The van der Waals surface area contributed by atoms with E-state index in [9.17, 15) is 14.0 Å². The molecule has 1 unspecified atom stereocenters. The predicted molar refractivity (Wildman–Crippen MR) is 66.2 cm³/mol. The highest BCUT2D eigenvalue weighted by Crippen LogP contribution is 2.32. The standard InChI is InChI=1S/C13H13FN2O2/c1-7(10-6-12(17)16-13(10)18)9-5-8(14)3-4-11(9)15-2/h3-5,10,15H,1,6H2,2H3,(H,16,17,18). The number of benzene rings is 1. The highest BCUT2D eigenvalue weighted by molar-refractivity contribution is 6.09. The molecule has 1 aromatic carbocycles. The zero-order valence-corrected chi connectivity index (χ0v) is 9.92. The third-order valence-electron chi connectivity index (χ3n) is 2.99. The average Bonchev–Trinajstić information content (AvgIpc) is 2.67. The number of hydrogen-bond donors (Lipinski definition) is 2. The van der Waals surface area contributed by atoms with Crippen molar-refractivity contribution in [2.24, 2.45) is 5.92 Å². The Labute approximate surface area is 104 Å². The number of carbonyl (C=O) groups is 2. The van der Waals surface area contributed by atoms with Gasteiger partial charge in [-0.15, -0.1) is 0 Å². The molecule has 94 valence electrons. The van der Waals surface area contributed by atoms with Crippen molar-refractivity contribution in [3.63, 3.8) is 0 Å². The molecule has 4 nitrogen and oxygen atoms in total. The van der Waals surface area contributed by atoms with E-state index in [4.69, 9.17) is 0 Å². The van der Waals surface area contributed by atoms with Gasteiger partial charge >= 0.3 is 0 Å². The summed E-state index contributed by atoms with van der Waals surface area (Å²) in [6, 6.07) is 4.21. The summed E-state index contributed by atoms with van der Waals surface area (Å²) in [5, 5.41) is 5.13. The van der Waals surface area contributed by atoms with Crippen molar-refractivity contribution in [1.82, 2.24) is 5.32 Å². The first kappa shape index (κ1) is 12.3. The second kappa shape index (κ2) is 4.60. The molecule has 0 radical (unpaired) electrons. The first-order valence-electron chi connectivity index (χ1n) is 5.53. The van der Waals surface area contributed by atoms with Gasteiger partial charge in [-0.2, -0.15) is 0 Å². The fourth-order valence-electron chi connectivity index (χ4n) is 2.02. The summed E-state index contributed by atoms with van der Waals surface area (Å²) < 4.78 is 13.3. The molecule has 1 heterocycles. The van der Waals surface area contributed by atoms with Crippen LogP contribution in [0.15, 0.2) is 24.8 Å². The fraction of sp³-hybridized carbons (Fsp3) is 0.231. The van der Waals surface area contributed by atoms with Crippen LogP contribution in [0.25, 0.3) is 5.57 Å². The van der Waals surface area contributed by atoms with Crippen molar-refractivity contribution in [3.05, 3.63) is 36.2 Å². The van der Waals surface area contributed by atoms with E-state index in [1.54, 1.807) is 13.1 Å². The molecule has 2 amide bonds. The molecule has 18 heavy (non-hydrogen) atoms. The predicted octanol–water partition coefficient (Wildman–Crippen LogP) is 1.54. The van der Waals surface area contributed by atoms with Crippen LogP contribution in [0.4, 0.5) is 10.1 Å². The number of anilines is 1. The summed E-state index contributed by atoms with van der Waals surface area (Å²) in [5.74, 6) is -1.73. The van der Waals surface area contributed by atoms with Crippen molar-refractivity contribution in [2.75, 3.05) is 12.4 Å². The number of halogens is 1. The molecule has 1 aliphatic heterocycles. The Kier molecular flexibility index (Phi) is 3.14. The quantitative estimate of drug-likeness (QED) is 0.798. The minimum atomic E-state index is -0.619. The SMILES string of the molecule is C=C(c1cc(F)ccc1NC)C1CC(=O)NC1=O. The lowest BCUT2D eigenvalue weighted by Crippen LogP contribution is -2.22. The molecule has 0 bridgehead atoms. The van der Waals surface area contributed by atoms with Crippen LogP contribution < -0.4 is 10.6 Å². The zero-order chi connectivity index (χ0) is 13.3. The first-order valence-corrected chi connectivity index (χ1v) is 5.53. The molecule has 0 spiro atoms. The van der Waals surface area contributed by atoms with Crippen LogP contribution in [-0.4, -0.2) is 18.9 Å². The van der Waals surface area contributed by atoms with E-state index in [0.717, 1.165) is 0 Å². The lowest BCUT2D eigenvalue weighted by Gasteiger charge is -2.15. The van der Waals surface area contributed by atoms with Gasteiger partial charge in [0.2, 0.25) is 11.8 Å². The normalized spacial score (nSPS) is 18.7. The van der Waals surface area contributed by atoms with Crippen LogP contribution >= 0.6 is 0 Å². The lowest BCUT2D eigenvalue weighted by molar-refractivity contribution is -0.125. The maximum atomic E-state index is 13.3. The third kappa shape index (κ3) is 2.11. The molecule has 0 aliphatic carbocycles. The minimum absolute atomic E-state index is 0.0668. The van der Waals surface area contributed by atoms with Gasteiger partial charge in [-0.25, -0.2) is 4.39 Å². The molecule has 1 fully saturated rings. The van der Waals surface area contributed by atoms with Gasteiger partial charge in [-0.3, -0.25) is 14.9 Å². The summed E-state index contributed by atoms with van der Waals surface area (Å²) in [6.07, 6.45) is 0.0668. The number of hydrogen-bond acceptors (Lipinski definition) is 3. The smallest absolute Gasteiger partial charge is 0.234 e. The van der Waals surface area contributed by atoms with Gasteiger partial charge in [0, 0.05) is 24.7 Å². The van der Waals surface area contributed by atoms with Crippen LogP contribution in [-0.2, 0) is 9.59 Å². The Morgan fingerprint density at radius 2 is 2.22 bits per heavy atom. The van der Waals surface area contributed by atoms with Gasteiger partial charge in [0.1, 0.15) is 5.82 Å². The average molecular weight is 248 g/mol. The zero-order valence-electron chi connectivity index (χ0n) is 9.92. The number of carbonyl (C=O) groups excluding carboxylic acids is 2. The van der Waals surface area contributed by atoms with Crippen molar-refractivity contribution >= 4 is 23.1 Å². The largest absolute Gasteiger partial charge is 0.388 e. The second-order valence-electron chi connectivity index (χ2n) is 4.13. The van der Waals surface area contributed by atoms with Gasteiger partial charge in [0.05, 0.1) is 5.92 Å². The Morgan fingerprint density at radius 1 is 1.50 bits per heavy atom. The van der Waals surface area contributed by atoms with Crippen molar-refractivity contribution in [1.29, 1.82) is 0 Å². The van der Waals surface area contributed by atoms with Crippen LogP contribution in [0, 0.1) is 11.7 Å². The number of nitrogens with one attached hydrogen (secondary N) is 2. The molecule has 2 rings (SSSR count). The Morgan fingerprint density at radius 3 is 2.78 bits per heavy atom. The number of rotatable bonds is 3. The van der Waals surface area contributed by atoms with Crippen LogP contribution in [0.5, 0.6) is 0 Å². The van der Waals surface area contributed by atoms with E-state index in [1.807, 2.05) is 0 Å². The molecule has 5 heteroatoms. The summed E-state index contributed by atoms with van der Waals surface area (Å²) in [5.41, 5.74) is 1.64. The molecule has 1 aliphatic rings. The molecule has 2 N–H and O–H groups in total. The second-order valence-corrected chi connectivity index (χ2v) is 4.13. The maximum absolute atomic E-state index is 13.3. The van der Waals surface area contributed by atoms with Crippen molar-refractivity contribution < 1.29 is 14.0 Å². The van der Waals surface area contributed by atoms with Gasteiger partial charge in [0.15, 0.2) is 0 Å². The third-order valence-corrected chi connectivity index (χ3v) is 2.99. The molecular weight excluding hydrogens is 235 g/mol. The summed E-state index contributed by atoms with van der Waals surface area (Å²) in [6.45, 7) is 3.82. The van der Waals surface area contributed by atoms with Crippen LogP contribution in [0.1, 0.15) is 12.0 Å². The van der Waals surface area contributed by atoms with E-state index >= 15 is 0 Å². The van der Waals surface area contributed by atoms with E-state index in [0.29, 0.717) is 16.8 Å². The molecule has 1 atom stereocenters. The van der Waals surface area contributed by atoms with Crippen LogP contribution in [0.3, 0.4) is 0 Å². The van der Waals surface area contributed by atoms with Crippen molar-refractivity contribution in [2.45, 2.75) is 6.42 Å². The Bertz CT molecular complexity index is 540. The summed E-state index contributed by atoms with van der Waals surface area (Å²) in [7, 11) is 1.70. The number of imide groups is 1. The van der Waals surface area contributed by atoms with E-state index < -0.39 is 11.7 Å². The Hall–Kier alpha value is -2.17. The monoisotopic (exact) mass is 248 g/mol. The van der Waals surface area contributed by atoms with E-state index in [1.165, 1.54) is 12.1 Å². The maximum Gasteiger partial charge on any atom is 0.234 e. The van der Waals surface area contributed by atoms with Crippen molar-refractivity contribution in [3.8, 4) is 0 Å². The summed E-state index contributed by atoms with van der Waals surface area (Å²) in [4.78, 5) is 22.7. The van der Waals surface area contributed by atoms with Gasteiger partial charge < -0.3 is 5.32 Å². The minimum Gasteiger partial charge on any atom is -0.388 e.